The van der Waals surface area contributed by atoms with Crippen LogP contribution in [0.1, 0.15) is 34.1 Å². The number of nitrogens with two attached hydrogens (primary N) is 1. The third-order valence-corrected chi connectivity index (χ3v) is 2.09. The average Bonchev–Trinajstić information content (AvgIpc) is 2.03. The van der Waals surface area contributed by atoms with Crippen LogP contribution < -0.4 is 5.73 Å². The molecule has 0 saturated carbocycles. The van der Waals surface area contributed by atoms with E-state index in [0.29, 0.717) is 13.0 Å². The van der Waals surface area contributed by atoms with Gasteiger partial charge in [-0.1, -0.05) is 0 Å². The highest BCUT2D eigenvalue weighted by molar-refractivity contribution is 5.81. The Labute approximate surface area is 86.1 Å². The Morgan fingerprint density at radius 2 is 1.71 bits per heavy atom. The fourth-order valence-corrected chi connectivity index (χ4v) is 1.56. The number of aliphatic hydroxyl groups excluding tert-OH is 1. The van der Waals surface area contributed by atoms with Gasteiger partial charge in [-0.25, -0.2) is 0 Å². The van der Waals surface area contributed by atoms with Crippen molar-refractivity contribution in [3.8, 4) is 0 Å². The van der Waals surface area contributed by atoms with Crippen molar-refractivity contribution >= 4 is 5.91 Å². The molecule has 0 aliphatic heterocycles. The molecule has 0 bridgehead atoms. The zero-order chi connectivity index (χ0) is 11.3. The van der Waals surface area contributed by atoms with E-state index in [1.807, 2.05) is 27.7 Å². The summed E-state index contributed by atoms with van der Waals surface area (Å²) in [4.78, 5) is 13.4. The highest BCUT2D eigenvalue weighted by atomic mass is 16.3. The number of carbonyl (C=O) groups excluding carboxylic acids is 1. The molecule has 1 atom stereocenters. The van der Waals surface area contributed by atoms with Gasteiger partial charge in [0.05, 0.1) is 0 Å². The molecule has 0 unspecified atom stereocenters. The van der Waals surface area contributed by atoms with Crippen molar-refractivity contribution in [1.29, 1.82) is 0 Å². The minimum atomic E-state index is -0.954. The van der Waals surface area contributed by atoms with E-state index in [2.05, 4.69) is 0 Å². The molecule has 14 heavy (non-hydrogen) atoms. The second kappa shape index (κ2) is 5.98. The monoisotopic (exact) mass is 202 g/mol. The molecule has 0 rings (SSSR count). The van der Waals surface area contributed by atoms with Crippen molar-refractivity contribution in [3.05, 3.63) is 0 Å². The Balaban J connectivity index is 4.43. The van der Waals surface area contributed by atoms with Crippen molar-refractivity contribution < 1.29 is 9.90 Å². The molecule has 0 aromatic carbocycles. The standard InChI is InChI=1S/C10H22N2O2/c1-7(2)12(8(3)4)10(14)9(13)5-6-11/h7-9,13H,5-6,11H2,1-4H3/t9-/m0/s1. The second-order valence-corrected chi connectivity index (χ2v) is 4.03. The van der Waals surface area contributed by atoms with Gasteiger partial charge in [0.1, 0.15) is 6.10 Å². The summed E-state index contributed by atoms with van der Waals surface area (Å²) >= 11 is 0. The smallest absolute Gasteiger partial charge is 0.251 e. The van der Waals surface area contributed by atoms with E-state index in [1.54, 1.807) is 4.90 Å². The molecule has 0 saturated heterocycles. The van der Waals surface area contributed by atoms with Crippen molar-refractivity contribution in [3.63, 3.8) is 0 Å². The van der Waals surface area contributed by atoms with Gasteiger partial charge >= 0.3 is 0 Å². The highest BCUT2D eigenvalue weighted by Gasteiger charge is 2.25. The largest absolute Gasteiger partial charge is 0.383 e. The van der Waals surface area contributed by atoms with Crippen LogP contribution in [0.2, 0.25) is 0 Å². The first-order valence-corrected chi connectivity index (χ1v) is 5.12. The van der Waals surface area contributed by atoms with Crippen LogP contribution in [0.25, 0.3) is 0 Å². The van der Waals surface area contributed by atoms with Crippen LogP contribution in [-0.4, -0.2) is 40.6 Å². The first-order valence-electron chi connectivity index (χ1n) is 5.12. The zero-order valence-electron chi connectivity index (χ0n) is 9.53. The number of hydrogen-bond donors (Lipinski definition) is 2. The van der Waals surface area contributed by atoms with Crippen LogP contribution in [-0.2, 0) is 4.79 Å². The van der Waals surface area contributed by atoms with Gasteiger partial charge in [0.2, 0.25) is 0 Å². The molecule has 84 valence electrons. The Bertz CT molecular complexity index is 173. The molecule has 0 spiro atoms. The van der Waals surface area contributed by atoms with E-state index in [4.69, 9.17) is 5.73 Å². The lowest BCUT2D eigenvalue weighted by atomic mass is 10.1. The minimum Gasteiger partial charge on any atom is -0.383 e. The molecular formula is C10H22N2O2. The molecule has 4 heteroatoms. The lowest BCUT2D eigenvalue weighted by Gasteiger charge is -2.32. The van der Waals surface area contributed by atoms with Crippen LogP contribution >= 0.6 is 0 Å². The molecule has 1 amide bonds. The minimum absolute atomic E-state index is 0.106. The molecular weight excluding hydrogens is 180 g/mol. The van der Waals surface area contributed by atoms with E-state index in [0.717, 1.165) is 0 Å². The van der Waals surface area contributed by atoms with Gasteiger partial charge in [-0.05, 0) is 40.7 Å². The Hall–Kier alpha value is -0.610. The number of amides is 1. The summed E-state index contributed by atoms with van der Waals surface area (Å²) in [6.07, 6.45) is -0.626. The summed E-state index contributed by atoms with van der Waals surface area (Å²) < 4.78 is 0. The summed E-state index contributed by atoms with van der Waals surface area (Å²) in [5, 5.41) is 9.51. The zero-order valence-corrected chi connectivity index (χ0v) is 9.53. The molecule has 4 nitrogen and oxygen atoms in total. The summed E-state index contributed by atoms with van der Waals surface area (Å²) in [7, 11) is 0. The molecule has 0 heterocycles. The lowest BCUT2D eigenvalue weighted by Crippen LogP contribution is -2.47. The third kappa shape index (κ3) is 3.64. The van der Waals surface area contributed by atoms with Crippen molar-refractivity contribution in [2.24, 2.45) is 5.73 Å². The summed E-state index contributed by atoms with van der Waals surface area (Å²) in [5.41, 5.74) is 5.29. The second-order valence-electron chi connectivity index (χ2n) is 4.03. The number of carbonyl (C=O) groups is 1. The SMILES string of the molecule is CC(C)N(C(=O)[C@@H](O)CCN)C(C)C. The van der Waals surface area contributed by atoms with Crippen molar-refractivity contribution in [1.82, 2.24) is 4.90 Å². The number of aliphatic hydroxyl groups is 1. The number of nitrogens with zero attached hydrogens (tertiary/aromatic N) is 1. The van der Waals surface area contributed by atoms with Crippen molar-refractivity contribution in [2.75, 3.05) is 6.54 Å². The van der Waals surface area contributed by atoms with E-state index in [9.17, 15) is 9.90 Å². The Morgan fingerprint density at radius 3 is 2.00 bits per heavy atom. The fourth-order valence-electron chi connectivity index (χ4n) is 1.56. The lowest BCUT2D eigenvalue weighted by molar-refractivity contribution is -0.144. The fraction of sp³-hybridized carbons (Fsp3) is 0.900. The average molecular weight is 202 g/mol. The van der Waals surface area contributed by atoms with Gasteiger partial charge < -0.3 is 15.7 Å². The molecule has 0 aromatic heterocycles. The van der Waals surface area contributed by atoms with Gasteiger partial charge in [0, 0.05) is 12.1 Å². The Kier molecular flexibility index (Phi) is 5.72. The van der Waals surface area contributed by atoms with Gasteiger partial charge in [-0.15, -0.1) is 0 Å². The normalized spacial score (nSPS) is 13.4. The van der Waals surface area contributed by atoms with Gasteiger partial charge in [-0.3, -0.25) is 4.79 Å². The van der Waals surface area contributed by atoms with Gasteiger partial charge in [0.15, 0.2) is 0 Å². The number of rotatable bonds is 5. The maximum Gasteiger partial charge on any atom is 0.251 e. The number of hydrogen-bond acceptors (Lipinski definition) is 3. The third-order valence-electron chi connectivity index (χ3n) is 2.09. The predicted molar refractivity (Wildman–Crippen MR) is 56.8 cm³/mol. The van der Waals surface area contributed by atoms with Crippen LogP contribution in [0.3, 0.4) is 0 Å². The van der Waals surface area contributed by atoms with Crippen LogP contribution in [0.5, 0.6) is 0 Å². The van der Waals surface area contributed by atoms with E-state index >= 15 is 0 Å². The first kappa shape index (κ1) is 13.4. The molecule has 3 N–H and O–H groups in total. The molecule has 0 aliphatic rings. The Morgan fingerprint density at radius 1 is 1.29 bits per heavy atom. The molecule has 0 fully saturated rings. The van der Waals surface area contributed by atoms with Crippen LogP contribution in [0.4, 0.5) is 0 Å². The van der Waals surface area contributed by atoms with Crippen molar-refractivity contribution in [2.45, 2.75) is 52.3 Å². The van der Waals surface area contributed by atoms with Crippen LogP contribution in [0, 0.1) is 0 Å². The molecule has 0 radical (unpaired) electrons. The molecule has 0 aromatic rings. The first-order chi connectivity index (χ1) is 6.41. The van der Waals surface area contributed by atoms with Gasteiger partial charge in [0.25, 0.3) is 5.91 Å². The summed E-state index contributed by atoms with van der Waals surface area (Å²) in [5.74, 6) is -0.222. The van der Waals surface area contributed by atoms with Crippen LogP contribution in [0.15, 0.2) is 0 Å². The van der Waals surface area contributed by atoms with Gasteiger partial charge in [-0.2, -0.15) is 0 Å². The highest BCUT2D eigenvalue weighted by Crippen LogP contribution is 2.08. The summed E-state index contributed by atoms with van der Waals surface area (Å²) in [6, 6.07) is 0.213. The predicted octanol–water partition coefficient (Wildman–Crippen LogP) is 0.341. The molecule has 0 aliphatic carbocycles. The quantitative estimate of drug-likeness (QED) is 0.675. The maximum atomic E-state index is 11.7. The van der Waals surface area contributed by atoms with E-state index in [1.165, 1.54) is 0 Å². The maximum absolute atomic E-state index is 11.7. The van der Waals surface area contributed by atoms with E-state index in [-0.39, 0.29) is 18.0 Å². The summed E-state index contributed by atoms with van der Waals surface area (Å²) in [6.45, 7) is 8.08. The topological polar surface area (TPSA) is 66.6 Å². The van der Waals surface area contributed by atoms with E-state index < -0.39 is 6.10 Å².